The molecule has 5 nitrogen and oxygen atoms in total. The molecule has 0 spiro atoms. The molecule has 5 heterocycles. The smallest absolute Gasteiger partial charge is 2.00 e. The van der Waals surface area contributed by atoms with Crippen LogP contribution in [0.3, 0.4) is 0 Å². The van der Waals surface area contributed by atoms with Gasteiger partial charge in [0.15, 0.2) is 93.1 Å². The average molecular weight is 1100 g/mol. The molecule has 71 heavy (non-hydrogen) atoms. The van der Waals surface area contributed by atoms with Gasteiger partial charge in [0.2, 0.25) is 23.3 Å². The van der Waals surface area contributed by atoms with E-state index in [2.05, 4.69) is 26.6 Å². The molecule has 362 valence electrons. The summed E-state index contributed by atoms with van der Waals surface area (Å²) in [6.45, 7) is 4.50. The van der Waals surface area contributed by atoms with Crippen LogP contribution in [0.5, 0.6) is 0 Å². The molecule has 26 heteroatoms. The fourth-order valence-corrected chi connectivity index (χ4v) is 7.41. The Morgan fingerprint density at radius 2 is 0.394 bits per heavy atom. The van der Waals surface area contributed by atoms with Crippen LogP contribution in [-0.4, -0.2) is 9.97 Å². The Morgan fingerprint density at radius 3 is 0.549 bits per heavy atom. The first-order chi connectivity index (χ1) is 33.1. The Kier molecular flexibility index (Phi) is 13.5. The van der Waals surface area contributed by atoms with E-state index in [9.17, 15) is 52.7 Å². The van der Waals surface area contributed by atoms with Crippen molar-refractivity contribution in [3.63, 3.8) is 0 Å². The van der Waals surface area contributed by atoms with Gasteiger partial charge >= 0.3 is 30.8 Å². The van der Waals surface area contributed by atoms with Gasteiger partial charge in [-0.05, 0) is 46.6 Å². The molecule has 0 radical (unpaired) electrons. The van der Waals surface area contributed by atoms with Gasteiger partial charge in [-0.2, -0.15) is 0 Å². The summed E-state index contributed by atoms with van der Waals surface area (Å²) in [5.41, 5.74) is -21.6. The van der Waals surface area contributed by atoms with Crippen molar-refractivity contribution in [3.05, 3.63) is 170 Å². The van der Waals surface area contributed by atoms with E-state index in [-0.39, 0.29) is 19.5 Å². The van der Waals surface area contributed by atoms with Crippen molar-refractivity contribution in [1.82, 2.24) is 19.9 Å². The average Bonchev–Trinajstić information content (AvgIpc) is 4.21. The first-order valence-electron chi connectivity index (χ1n) is 18.4. The second-order valence-electron chi connectivity index (χ2n) is 14.1. The summed E-state index contributed by atoms with van der Waals surface area (Å²) in [6.07, 6.45) is 2.26. The van der Waals surface area contributed by atoms with Gasteiger partial charge in [-0.3, -0.25) is 0 Å². The molecule has 2 aliphatic heterocycles. The van der Waals surface area contributed by atoms with Gasteiger partial charge in [0.1, 0.15) is 0 Å². The van der Waals surface area contributed by atoms with Crippen LogP contribution in [-0.2, 0) is 24.1 Å². The first-order valence-corrected chi connectivity index (χ1v) is 18.4. The molecule has 8 bridgehead atoms. The third kappa shape index (κ3) is 7.67. The van der Waals surface area contributed by atoms with E-state index < -0.39 is 206 Å². The second-order valence-corrected chi connectivity index (χ2v) is 14.1. The van der Waals surface area contributed by atoms with E-state index in [0.29, 0.717) is 48.6 Å². The number of hydrogen-bond acceptors (Lipinski definition) is 2. The molecule has 2 aliphatic rings. The molecule has 0 saturated heterocycles. The van der Waals surface area contributed by atoms with E-state index >= 15 is 35.1 Å². The molecule has 3 aromatic heterocycles. The van der Waals surface area contributed by atoms with Crippen LogP contribution in [0.25, 0.3) is 90.9 Å². The van der Waals surface area contributed by atoms with Crippen molar-refractivity contribution in [3.8, 4) is 44.5 Å². The fraction of sp³-hybridized carbons (Fsp3) is 0. The third-order valence-electron chi connectivity index (χ3n) is 10.4. The fourth-order valence-electron chi connectivity index (χ4n) is 7.41. The number of benzene rings is 4. The van der Waals surface area contributed by atoms with Gasteiger partial charge in [0.05, 0.1) is 45.0 Å². The molecule has 0 unspecified atom stereocenters. The van der Waals surface area contributed by atoms with Crippen LogP contribution in [0.4, 0.5) is 87.8 Å². The Balaban J connectivity index is 0.00000244. The van der Waals surface area contributed by atoms with Crippen molar-refractivity contribution >= 4 is 46.4 Å². The second kappa shape index (κ2) is 18.6. The predicted octanol–water partition coefficient (Wildman–Crippen LogP) is 13.3. The van der Waals surface area contributed by atoms with Gasteiger partial charge in [0, 0.05) is 0 Å². The summed E-state index contributed by atoms with van der Waals surface area (Å²) in [7, 11) is 0. The number of hydrogen-bond donors (Lipinski definition) is 0. The minimum atomic E-state index is -2.73. The third-order valence-corrected chi connectivity index (χ3v) is 10.4. The summed E-state index contributed by atoms with van der Waals surface area (Å²) in [6, 6.07) is 2.26. The number of rotatable bonds is 4. The van der Waals surface area contributed by atoms with Crippen LogP contribution in [0.1, 0.15) is 22.8 Å². The molecular formula is C45H8F20N4ORu. The topological polar surface area (TPSA) is 73.9 Å². The maximum atomic E-state index is 15.8. The molecule has 0 N–H and O–H groups in total. The summed E-state index contributed by atoms with van der Waals surface area (Å²) >= 11 is 0. The molecule has 0 aliphatic carbocycles. The van der Waals surface area contributed by atoms with Crippen LogP contribution in [0.2, 0.25) is 0 Å². The zero-order valence-corrected chi connectivity index (χ0v) is 35.0. The molecule has 7 aromatic rings. The molecule has 0 atom stereocenters. The maximum Gasteiger partial charge on any atom is 2.00 e. The quantitative estimate of drug-likeness (QED) is 0.0440. The SMILES string of the molecule is Fc1c(F)c(F)c(-c2c3nc(c(-c4c(F)c(F)c(F)c(F)c4F)c4ccc([n-]4)c(-c4c(F)c(F)c(F)c(F)c4F)c4nc(c(-c5c(F)c(F)c(F)c(F)c5F)c5ccc2[n-]5)C=C4)C=C3)c(F)c1F.[C-]#[O+].[Ru+2]. The zero-order chi connectivity index (χ0) is 51.3. The maximum absolute atomic E-state index is 15.8. The summed E-state index contributed by atoms with van der Waals surface area (Å²) in [5.74, 6) is -53.1. The monoisotopic (exact) mass is 1100 g/mol. The summed E-state index contributed by atoms with van der Waals surface area (Å²) in [5, 5.41) is 0. The summed E-state index contributed by atoms with van der Waals surface area (Å²) < 4.78 is 310. The van der Waals surface area contributed by atoms with E-state index in [4.69, 9.17) is 4.65 Å². The van der Waals surface area contributed by atoms with E-state index in [1.807, 2.05) is 0 Å². The van der Waals surface area contributed by atoms with E-state index in [1.165, 1.54) is 0 Å². The molecule has 4 aromatic carbocycles. The van der Waals surface area contributed by atoms with Crippen molar-refractivity contribution in [1.29, 1.82) is 0 Å². The Hall–Kier alpha value is -7.56. The zero-order valence-electron chi connectivity index (χ0n) is 33.2. The Morgan fingerprint density at radius 1 is 0.254 bits per heavy atom. The standard InChI is InChI=1S/C44H8F20N4.CO.Ru/c45-25-21(26(46)34(54)41(61)33(25)53)17-9-1-2-10(65-9)18(22-27(47)35(55)42(62)36(56)28(22)48)12-5-6-14(67-12)20(24-31(51)39(59)44(64)40(60)32(24)52)16-8-7-15(68-16)19(13-4-3-11(17)66-13)23-29(49)37(57)43(63)38(58)30(23)50;1-2;/h1-8H;;/q-2;;+2. The first kappa shape index (κ1) is 51.3. The van der Waals surface area contributed by atoms with Crippen molar-refractivity contribution in [2.45, 2.75) is 0 Å². The van der Waals surface area contributed by atoms with Crippen molar-refractivity contribution in [2.75, 3.05) is 0 Å². The number of nitrogens with zero attached hydrogens (tertiary/aromatic N) is 4. The molecule has 0 amide bonds. The van der Waals surface area contributed by atoms with Gasteiger partial charge in [-0.15, -0.1) is 22.1 Å². The molecule has 9 rings (SSSR count). The number of halogens is 20. The van der Waals surface area contributed by atoms with Crippen LogP contribution in [0, 0.1) is 123 Å². The van der Waals surface area contributed by atoms with Gasteiger partial charge in [0.25, 0.3) is 0 Å². The number of aromatic nitrogens is 4. The van der Waals surface area contributed by atoms with E-state index in [0.717, 1.165) is 0 Å². The van der Waals surface area contributed by atoms with Crippen LogP contribution >= 0.6 is 0 Å². The molecule has 0 fully saturated rings. The largest absolute Gasteiger partial charge is 2.00 e. The van der Waals surface area contributed by atoms with Crippen molar-refractivity contribution in [2.24, 2.45) is 0 Å². The van der Waals surface area contributed by atoms with Crippen LogP contribution in [0.15, 0.2) is 24.3 Å². The molecular weight excluding hydrogens is 1090 g/mol. The van der Waals surface area contributed by atoms with Gasteiger partial charge in [-0.25, -0.2) is 97.8 Å². The van der Waals surface area contributed by atoms with Crippen LogP contribution < -0.4 is 9.97 Å². The van der Waals surface area contributed by atoms with Gasteiger partial charge in [-0.1, -0.05) is 24.3 Å². The normalized spacial score (nSPS) is 11.8. The molecule has 0 saturated carbocycles. The minimum Gasteiger partial charge on any atom is 2.00 e. The Labute approximate surface area is 391 Å². The number of fused-ring (bicyclic) bond motifs is 8. The summed E-state index contributed by atoms with van der Waals surface area (Å²) in [4.78, 5) is 15.6. The predicted molar refractivity (Wildman–Crippen MR) is 202 cm³/mol. The Bertz CT molecular complexity index is 3180. The van der Waals surface area contributed by atoms with Gasteiger partial charge < -0.3 is 9.97 Å². The minimum absolute atomic E-state index is 0. The van der Waals surface area contributed by atoms with E-state index in [1.54, 1.807) is 0 Å². The van der Waals surface area contributed by atoms with Crippen molar-refractivity contribution < 1.29 is 112 Å².